The molecule has 0 aliphatic rings. The van der Waals surface area contributed by atoms with Gasteiger partial charge in [0, 0.05) is 14.0 Å². The Hall–Kier alpha value is -1.60. The Morgan fingerprint density at radius 1 is 0.905 bits per heavy atom. The second-order valence-electron chi connectivity index (χ2n) is 6.92. The molecule has 0 radical (unpaired) electrons. The highest BCUT2D eigenvalue weighted by Gasteiger charge is 2.16. The molecule has 1 unspecified atom stereocenters. The van der Waals surface area contributed by atoms with Gasteiger partial charge in [-0.2, -0.15) is 0 Å². The normalized spacial score (nSPS) is 14.0. The van der Waals surface area contributed by atoms with E-state index in [1.807, 2.05) is 0 Å². The van der Waals surface area contributed by atoms with Crippen molar-refractivity contribution in [3.8, 4) is 0 Å². The average Bonchev–Trinajstić information content (AvgIpc) is 2.48. The van der Waals surface area contributed by atoms with Crippen molar-refractivity contribution < 1.29 is 0 Å². The molecule has 2 rings (SSSR count). The molecule has 0 nitrogen and oxygen atoms in total. The van der Waals surface area contributed by atoms with Crippen molar-refractivity contribution in [2.45, 2.75) is 38.5 Å². The number of allylic oxidation sites excluding steroid dienone is 2. The average molecular weight is 295 g/mol. The summed E-state index contributed by atoms with van der Waals surface area (Å²) in [5.41, 5.74) is 4.21. The van der Waals surface area contributed by atoms with E-state index in [0.717, 1.165) is 0 Å². The molecule has 1 atom stereocenters. The van der Waals surface area contributed by atoms with Gasteiger partial charge in [-0.3, -0.25) is 0 Å². The fourth-order valence-corrected chi connectivity index (χ4v) is 3.34. The summed E-state index contributed by atoms with van der Waals surface area (Å²) in [5, 5.41) is 0. The molecule has 0 N–H and O–H groups in total. The van der Waals surface area contributed by atoms with Crippen LogP contribution in [0.3, 0.4) is 0 Å². The molecule has 110 valence electrons. The van der Waals surface area contributed by atoms with Crippen LogP contribution in [0.4, 0.5) is 0 Å². The third-order valence-electron chi connectivity index (χ3n) is 3.81. The maximum Gasteiger partial charge on any atom is 0.0480 e. The summed E-state index contributed by atoms with van der Waals surface area (Å²) < 4.78 is 0. The van der Waals surface area contributed by atoms with E-state index >= 15 is 0 Å². The molecule has 0 bridgehead atoms. The van der Waals surface area contributed by atoms with Crippen molar-refractivity contribution in [2.24, 2.45) is 0 Å². The van der Waals surface area contributed by atoms with Gasteiger partial charge in [-0.1, -0.05) is 93.3 Å². The fraction of sp³-hybridized carbons (Fsp3) is 0.300. The number of hydrogen-bond donors (Lipinski definition) is 0. The second kappa shape index (κ2) is 6.90. The molecule has 2 aromatic carbocycles. The fourth-order valence-electron chi connectivity index (χ4n) is 2.51. The quantitative estimate of drug-likeness (QED) is 0.575. The van der Waals surface area contributed by atoms with Crippen LogP contribution in [0, 0.1) is 0 Å². The molecule has 0 spiro atoms. The van der Waals surface area contributed by atoms with Crippen LogP contribution in [0.25, 0.3) is 5.57 Å². The molecular weight excluding hydrogens is 268 g/mol. The van der Waals surface area contributed by atoms with E-state index in [0.29, 0.717) is 5.92 Å². The predicted octanol–water partition coefficient (Wildman–Crippen LogP) is 6.21. The molecule has 21 heavy (non-hydrogen) atoms. The molecule has 0 saturated carbocycles. The molecular formula is C20H26Si. The summed E-state index contributed by atoms with van der Waals surface area (Å²) in [6.45, 7) is 9.61. The Morgan fingerprint density at radius 3 is 1.95 bits per heavy atom. The minimum Gasteiger partial charge on any atom is -0.0828 e. The van der Waals surface area contributed by atoms with Gasteiger partial charge in [-0.15, -0.1) is 0 Å². The highest BCUT2D eigenvalue weighted by molar-refractivity contribution is 6.76. The SMILES string of the molecule is CC(/C(=C/C[Si](C)(C)C)c1ccccc1)c1ccccc1. The van der Waals surface area contributed by atoms with Crippen LogP contribution in [0.5, 0.6) is 0 Å². The van der Waals surface area contributed by atoms with E-state index in [2.05, 4.69) is 93.3 Å². The Morgan fingerprint density at radius 2 is 1.43 bits per heavy atom. The Labute approximate surface area is 130 Å². The summed E-state index contributed by atoms with van der Waals surface area (Å²) >= 11 is 0. The van der Waals surface area contributed by atoms with Crippen LogP contribution in [-0.4, -0.2) is 8.07 Å². The third-order valence-corrected chi connectivity index (χ3v) is 5.24. The van der Waals surface area contributed by atoms with Gasteiger partial charge in [0.2, 0.25) is 0 Å². The largest absolute Gasteiger partial charge is 0.0828 e. The first-order valence-corrected chi connectivity index (χ1v) is 11.5. The highest BCUT2D eigenvalue weighted by atomic mass is 28.3. The smallest absolute Gasteiger partial charge is 0.0480 e. The monoisotopic (exact) mass is 294 g/mol. The van der Waals surface area contributed by atoms with Gasteiger partial charge in [0.1, 0.15) is 0 Å². The van der Waals surface area contributed by atoms with Crippen molar-refractivity contribution >= 4 is 13.6 Å². The van der Waals surface area contributed by atoms with Gasteiger partial charge >= 0.3 is 0 Å². The first-order valence-electron chi connectivity index (χ1n) is 7.78. The van der Waals surface area contributed by atoms with Crippen LogP contribution < -0.4 is 0 Å². The lowest BCUT2D eigenvalue weighted by Gasteiger charge is -2.20. The molecule has 0 amide bonds. The zero-order valence-electron chi connectivity index (χ0n) is 13.6. The van der Waals surface area contributed by atoms with Gasteiger partial charge < -0.3 is 0 Å². The van der Waals surface area contributed by atoms with Gasteiger partial charge in [0.15, 0.2) is 0 Å². The van der Waals surface area contributed by atoms with Gasteiger partial charge in [-0.25, -0.2) is 0 Å². The zero-order valence-corrected chi connectivity index (χ0v) is 14.6. The minimum absolute atomic E-state index is 0.435. The van der Waals surface area contributed by atoms with Crippen LogP contribution >= 0.6 is 0 Å². The number of benzene rings is 2. The molecule has 0 saturated heterocycles. The van der Waals surface area contributed by atoms with E-state index in [9.17, 15) is 0 Å². The standard InChI is InChI=1S/C20H26Si/c1-17(18-11-7-5-8-12-18)20(15-16-21(2,3)4)19-13-9-6-10-14-19/h5-15,17H,16H2,1-4H3/b20-15-. The summed E-state index contributed by atoms with van der Waals surface area (Å²) in [6, 6.07) is 22.9. The van der Waals surface area contributed by atoms with Crippen molar-refractivity contribution in [2.75, 3.05) is 0 Å². The summed E-state index contributed by atoms with van der Waals surface area (Å²) in [6.07, 6.45) is 2.49. The first-order chi connectivity index (χ1) is 9.97. The molecule has 0 fully saturated rings. The molecule has 2 aromatic rings. The predicted molar refractivity (Wildman–Crippen MR) is 97.4 cm³/mol. The second-order valence-corrected chi connectivity index (χ2v) is 12.5. The Kier molecular flexibility index (Phi) is 5.19. The highest BCUT2D eigenvalue weighted by Crippen LogP contribution is 2.32. The lowest BCUT2D eigenvalue weighted by molar-refractivity contribution is 0.986. The Balaban J connectivity index is 2.37. The molecule has 0 aliphatic heterocycles. The molecule has 0 aromatic heterocycles. The molecule has 0 heterocycles. The Bertz CT molecular complexity index is 576. The van der Waals surface area contributed by atoms with Crippen molar-refractivity contribution in [3.63, 3.8) is 0 Å². The van der Waals surface area contributed by atoms with E-state index in [1.54, 1.807) is 0 Å². The van der Waals surface area contributed by atoms with Crippen LogP contribution in [0.2, 0.25) is 25.7 Å². The summed E-state index contributed by atoms with van der Waals surface area (Å²) in [5.74, 6) is 0.435. The van der Waals surface area contributed by atoms with Gasteiger partial charge in [0.05, 0.1) is 0 Å². The first kappa shape index (κ1) is 15.8. The third kappa shape index (κ3) is 4.71. The van der Waals surface area contributed by atoms with Gasteiger partial charge in [0.25, 0.3) is 0 Å². The van der Waals surface area contributed by atoms with Crippen LogP contribution in [0.15, 0.2) is 66.7 Å². The lowest BCUT2D eigenvalue weighted by Crippen LogP contribution is -2.17. The topological polar surface area (TPSA) is 0 Å². The van der Waals surface area contributed by atoms with Crippen LogP contribution in [0.1, 0.15) is 24.0 Å². The van der Waals surface area contributed by atoms with E-state index < -0.39 is 8.07 Å². The number of hydrogen-bond acceptors (Lipinski definition) is 0. The minimum atomic E-state index is -1.08. The van der Waals surface area contributed by atoms with Crippen molar-refractivity contribution in [3.05, 3.63) is 77.9 Å². The maximum absolute atomic E-state index is 2.49. The molecule has 1 heteroatoms. The molecule has 0 aliphatic carbocycles. The number of rotatable bonds is 5. The lowest BCUT2D eigenvalue weighted by atomic mass is 9.88. The van der Waals surface area contributed by atoms with Crippen molar-refractivity contribution in [1.82, 2.24) is 0 Å². The summed E-state index contributed by atoms with van der Waals surface area (Å²) in [4.78, 5) is 0. The van der Waals surface area contributed by atoms with Crippen molar-refractivity contribution in [1.29, 1.82) is 0 Å². The van der Waals surface area contributed by atoms with Crippen LogP contribution in [-0.2, 0) is 0 Å². The maximum atomic E-state index is 2.49. The van der Waals surface area contributed by atoms with E-state index in [1.165, 1.54) is 22.7 Å². The van der Waals surface area contributed by atoms with E-state index in [4.69, 9.17) is 0 Å². The van der Waals surface area contributed by atoms with E-state index in [-0.39, 0.29) is 0 Å². The zero-order chi connectivity index (χ0) is 15.3. The van der Waals surface area contributed by atoms with Gasteiger partial charge in [-0.05, 0) is 22.7 Å². The summed E-state index contributed by atoms with van der Waals surface area (Å²) in [7, 11) is -1.08.